The average molecular weight is 512 g/mol. The van der Waals surface area contributed by atoms with E-state index in [9.17, 15) is 39.9 Å². The summed E-state index contributed by atoms with van der Waals surface area (Å²) in [5.41, 5.74) is 3.03. The van der Waals surface area contributed by atoms with Crippen LogP contribution in [-0.4, -0.2) is 60.8 Å². The Morgan fingerprint density at radius 1 is 1.08 bits per heavy atom. The van der Waals surface area contributed by atoms with Gasteiger partial charge in [-0.1, -0.05) is 41.9 Å². The van der Waals surface area contributed by atoms with Crippen LogP contribution in [0.25, 0.3) is 17.4 Å². The van der Waals surface area contributed by atoms with Gasteiger partial charge in [0.1, 0.15) is 17.4 Å². The lowest BCUT2D eigenvalue weighted by Crippen LogP contribution is -2.70. The molecule has 0 saturated heterocycles. The van der Waals surface area contributed by atoms with Gasteiger partial charge in [0.15, 0.2) is 11.4 Å². The zero-order valence-electron chi connectivity index (χ0n) is 18.6. The molecule has 6 atom stereocenters. The number of nitrogens with two attached hydrogens (primary N) is 1. The Morgan fingerprint density at radius 2 is 1.75 bits per heavy atom. The van der Waals surface area contributed by atoms with Gasteiger partial charge >= 0.3 is 0 Å². The lowest BCUT2D eigenvalue weighted by Gasteiger charge is -2.51. The molecule has 3 aliphatic carbocycles. The monoisotopic (exact) mass is 511 g/mol. The molecule has 1 amide bonds. The van der Waals surface area contributed by atoms with Gasteiger partial charge in [-0.3, -0.25) is 14.4 Å². The normalized spacial score (nSPS) is 32.7. The van der Waals surface area contributed by atoms with Gasteiger partial charge in [-0.2, -0.15) is 0 Å². The summed E-state index contributed by atoms with van der Waals surface area (Å²) < 4.78 is 0. The summed E-state index contributed by atoms with van der Waals surface area (Å²) in [6, 6.07) is 11.1. The van der Waals surface area contributed by atoms with E-state index in [0.29, 0.717) is 21.7 Å². The first kappa shape index (κ1) is 24.2. The minimum Gasteiger partial charge on any atom is -0.507 e. The highest BCUT2D eigenvalue weighted by atomic mass is 35.5. The second-order valence-electron chi connectivity index (χ2n) is 9.33. The summed E-state index contributed by atoms with van der Waals surface area (Å²) in [5.74, 6) is -9.43. The van der Waals surface area contributed by atoms with Crippen LogP contribution in [0.1, 0.15) is 23.1 Å². The third-order valence-corrected chi connectivity index (χ3v) is 7.66. The van der Waals surface area contributed by atoms with Crippen molar-refractivity contribution in [3.05, 3.63) is 69.8 Å². The van der Waals surface area contributed by atoms with Crippen molar-refractivity contribution in [3.8, 4) is 5.75 Å². The summed E-state index contributed by atoms with van der Waals surface area (Å²) in [6.45, 7) is 0. The number of aliphatic hydroxyl groups excluding tert-OH is 3. The first-order valence-corrected chi connectivity index (χ1v) is 11.6. The van der Waals surface area contributed by atoms with Crippen molar-refractivity contribution in [1.82, 2.24) is 0 Å². The molecule has 5 rings (SSSR count). The van der Waals surface area contributed by atoms with Crippen molar-refractivity contribution in [2.75, 3.05) is 0 Å². The van der Waals surface area contributed by atoms with Crippen molar-refractivity contribution < 1.29 is 39.9 Å². The molecule has 0 radical (unpaired) electrons. The third kappa shape index (κ3) is 3.24. The lowest BCUT2D eigenvalue weighted by molar-refractivity contribution is -0.184. The minimum atomic E-state index is -2.91. The molecule has 0 spiro atoms. The number of primary amides is 1. The number of hydrogen-bond acceptors (Lipinski definition) is 8. The number of amides is 1. The molecule has 3 aliphatic rings. The van der Waals surface area contributed by atoms with Crippen molar-refractivity contribution in [1.29, 1.82) is 0 Å². The Bertz CT molecular complexity index is 1380. The number of benzene rings is 2. The van der Waals surface area contributed by atoms with Crippen LogP contribution in [-0.2, 0) is 14.4 Å². The number of phenolic OH excluding ortho intramolecular Hbond substituents is 1. The lowest BCUT2D eigenvalue weighted by atomic mass is 9.54. The van der Waals surface area contributed by atoms with Gasteiger partial charge < -0.3 is 31.3 Å². The molecule has 0 aliphatic heterocycles. The number of carbonyl (C=O) groups excluding carboxylic acids is 3. The first-order chi connectivity index (χ1) is 17.0. The fourth-order valence-corrected chi connectivity index (χ4v) is 5.85. The van der Waals surface area contributed by atoms with Crippen LogP contribution < -0.4 is 5.73 Å². The number of halogens is 1. The van der Waals surface area contributed by atoms with Crippen molar-refractivity contribution >= 4 is 46.5 Å². The molecular formula is C26H22ClNO8. The second kappa shape index (κ2) is 8.28. The fraction of sp³-hybridized carbons (Fsp3) is 0.269. The number of Topliss-reactive ketones (excluding diaryl/α,β-unsaturated/α-hetero) is 2. The van der Waals surface area contributed by atoms with Crippen LogP contribution in [0, 0.1) is 17.8 Å². The maximum absolute atomic E-state index is 13.8. The molecule has 2 saturated carbocycles. The summed E-state index contributed by atoms with van der Waals surface area (Å²) in [7, 11) is 0. The van der Waals surface area contributed by atoms with Gasteiger partial charge in [-0.15, -0.1) is 0 Å². The zero-order valence-corrected chi connectivity index (χ0v) is 19.4. The van der Waals surface area contributed by atoms with Gasteiger partial charge in [-0.25, -0.2) is 0 Å². The van der Waals surface area contributed by atoms with Crippen molar-refractivity contribution in [2.45, 2.75) is 24.2 Å². The van der Waals surface area contributed by atoms with E-state index >= 15 is 0 Å². The molecule has 36 heavy (non-hydrogen) atoms. The Morgan fingerprint density at radius 3 is 2.39 bits per heavy atom. The minimum absolute atomic E-state index is 0.110. The third-order valence-electron chi connectivity index (χ3n) is 7.41. The molecule has 9 nitrogen and oxygen atoms in total. The van der Waals surface area contributed by atoms with Crippen LogP contribution >= 0.6 is 11.6 Å². The maximum Gasteiger partial charge on any atom is 0.230 e. The van der Waals surface area contributed by atoms with Crippen LogP contribution in [0.3, 0.4) is 0 Å². The van der Waals surface area contributed by atoms with Gasteiger partial charge in [0.25, 0.3) is 0 Å². The number of carbonyl (C=O) groups is 3. The molecule has 10 heteroatoms. The highest BCUT2D eigenvalue weighted by Crippen LogP contribution is 2.55. The first-order valence-electron chi connectivity index (χ1n) is 11.2. The molecule has 2 aromatic carbocycles. The van der Waals surface area contributed by atoms with Crippen LogP contribution in [0.15, 0.2) is 48.0 Å². The molecule has 7 N–H and O–H groups in total. The highest BCUT2D eigenvalue weighted by molar-refractivity contribution is 6.30. The summed E-state index contributed by atoms with van der Waals surface area (Å²) in [4.78, 5) is 38.8. The largest absolute Gasteiger partial charge is 0.507 e. The molecule has 0 bridgehead atoms. The number of aromatic hydroxyl groups is 1. The maximum atomic E-state index is 13.8. The number of phenols is 1. The van der Waals surface area contributed by atoms with E-state index < -0.39 is 70.8 Å². The van der Waals surface area contributed by atoms with E-state index in [1.165, 1.54) is 12.1 Å². The van der Waals surface area contributed by atoms with E-state index in [1.807, 2.05) is 0 Å². The van der Waals surface area contributed by atoms with E-state index in [4.69, 9.17) is 17.3 Å². The number of fused-ring (bicyclic) bond motifs is 3. The molecule has 2 fully saturated rings. The number of hydrogen-bond donors (Lipinski definition) is 6. The average Bonchev–Trinajstić information content (AvgIpc) is 2.82. The summed E-state index contributed by atoms with van der Waals surface area (Å²) in [6.07, 6.45) is -2.08. The topological polar surface area (TPSA) is 178 Å². The molecule has 186 valence electrons. The number of rotatable bonds is 2. The Balaban J connectivity index is 1.77. The predicted octanol–water partition coefficient (Wildman–Crippen LogP) is 1.21. The van der Waals surface area contributed by atoms with Gasteiger partial charge in [-0.05, 0) is 41.3 Å². The quantitative estimate of drug-likeness (QED) is 0.326. The van der Waals surface area contributed by atoms with Crippen molar-refractivity contribution in [3.63, 3.8) is 0 Å². The zero-order chi connectivity index (χ0) is 26.1. The summed E-state index contributed by atoms with van der Waals surface area (Å²) >= 11 is 5.99. The molecule has 0 aromatic heterocycles. The fourth-order valence-electron chi connectivity index (χ4n) is 5.73. The predicted molar refractivity (Wildman–Crippen MR) is 128 cm³/mol. The molecular weight excluding hydrogens is 490 g/mol. The Labute approximate surface area is 209 Å². The van der Waals surface area contributed by atoms with E-state index in [0.717, 1.165) is 0 Å². The Kier molecular flexibility index (Phi) is 5.57. The van der Waals surface area contributed by atoms with Crippen LogP contribution in [0.4, 0.5) is 0 Å². The van der Waals surface area contributed by atoms with Gasteiger partial charge in [0.2, 0.25) is 11.7 Å². The van der Waals surface area contributed by atoms with Crippen LogP contribution in [0.5, 0.6) is 5.75 Å². The van der Waals surface area contributed by atoms with E-state index in [-0.39, 0.29) is 11.3 Å². The molecule has 2 unspecified atom stereocenters. The highest BCUT2D eigenvalue weighted by Gasteiger charge is 2.67. The number of ketones is 2. The van der Waals surface area contributed by atoms with Crippen LogP contribution in [0.2, 0.25) is 5.02 Å². The summed E-state index contributed by atoms with van der Waals surface area (Å²) in [5, 5.41) is 55.5. The molecule has 2 aromatic rings. The van der Waals surface area contributed by atoms with E-state index in [1.54, 1.807) is 36.4 Å². The smallest absolute Gasteiger partial charge is 0.230 e. The molecule has 0 heterocycles. The Hall–Kier alpha value is -3.50. The second-order valence-corrected chi connectivity index (χ2v) is 9.77. The standard InChI is InChI=1S/C26H22ClNO8/c27-11-6-4-10(5-7-11)8-13-12-2-1-3-15(29)17(12)22(32)20-18(13)21(31)14-9-16(30)19(25(28)35)23(33)26(14,36)24(20)34/h1-8,14,16,18-19,21,29-32,36H,9H2,(H2,28,35)/b13-8+/t14-,16?,18-,19?,21-,26-/m1/s1. The van der Waals surface area contributed by atoms with Crippen molar-refractivity contribution in [2.24, 2.45) is 23.5 Å². The van der Waals surface area contributed by atoms with E-state index in [2.05, 4.69) is 0 Å². The SMILES string of the molecule is NC(=O)C1C(=O)[C@@]2(O)C(=O)C3=C(O)c4c(O)cccc4/C(=C\c4ccc(Cl)cc4)[C@H]3[C@H](O)[C@H]2CC1O. The van der Waals surface area contributed by atoms with Gasteiger partial charge in [0, 0.05) is 16.9 Å². The van der Waals surface area contributed by atoms with Gasteiger partial charge in [0.05, 0.1) is 23.3 Å². The number of aliphatic hydroxyl groups is 4.